The number of carbonyl (C=O) groups is 1. The van der Waals surface area contributed by atoms with E-state index in [-0.39, 0.29) is 29.2 Å². The Morgan fingerprint density at radius 1 is 0.917 bits per heavy atom. The normalized spacial score (nSPS) is 16.6. The van der Waals surface area contributed by atoms with Crippen LogP contribution in [-0.4, -0.2) is 81.2 Å². The first kappa shape index (κ1) is 24.5. The molecule has 0 N–H and O–H groups in total. The van der Waals surface area contributed by atoms with Crippen molar-refractivity contribution in [2.75, 3.05) is 53.2 Å². The maximum atomic E-state index is 13.9. The fourth-order valence-electron chi connectivity index (χ4n) is 5.23. The van der Waals surface area contributed by atoms with Gasteiger partial charge in [-0.1, -0.05) is 24.3 Å². The molecule has 190 valence electrons. The van der Waals surface area contributed by atoms with Crippen LogP contribution in [0.2, 0.25) is 0 Å². The number of carbonyl (C=O) groups excluding carboxylic acids is 1. The van der Waals surface area contributed by atoms with Gasteiger partial charge in [0.1, 0.15) is 0 Å². The lowest BCUT2D eigenvalue weighted by Crippen LogP contribution is -2.38. The van der Waals surface area contributed by atoms with Crippen molar-refractivity contribution in [2.24, 2.45) is 0 Å². The summed E-state index contributed by atoms with van der Waals surface area (Å²) in [7, 11) is 1.26. The van der Waals surface area contributed by atoms with Gasteiger partial charge >= 0.3 is 0 Å². The van der Waals surface area contributed by atoms with E-state index in [4.69, 9.17) is 9.47 Å². The Morgan fingerprint density at radius 2 is 1.67 bits per heavy atom. The highest BCUT2D eigenvalue weighted by Crippen LogP contribution is 2.43. The number of fused-ring (bicyclic) bond motifs is 5. The van der Waals surface area contributed by atoms with E-state index in [1.54, 1.807) is 36.4 Å². The first-order chi connectivity index (χ1) is 17.3. The predicted molar refractivity (Wildman–Crippen MR) is 138 cm³/mol. The molecule has 2 heterocycles. The van der Waals surface area contributed by atoms with E-state index in [0.717, 1.165) is 13.0 Å². The minimum Gasteiger partial charge on any atom is -0.493 e. The average molecular weight is 512 g/mol. The summed E-state index contributed by atoms with van der Waals surface area (Å²) in [5.74, 6) is 0.124. The summed E-state index contributed by atoms with van der Waals surface area (Å²) in [5, 5.41) is 0.661. The molecule has 9 nitrogen and oxygen atoms in total. The summed E-state index contributed by atoms with van der Waals surface area (Å²) in [5.41, 5.74) is 1.52. The van der Waals surface area contributed by atoms with Crippen LogP contribution in [0, 0.1) is 0 Å². The highest BCUT2D eigenvalue weighted by Gasteiger charge is 2.34. The molecule has 0 radical (unpaired) electrons. The molecule has 0 spiro atoms. The molecule has 0 atom stereocenters. The number of rotatable bonds is 6. The molecule has 10 heteroatoms. The standard InChI is InChI=1S/C26H29N3O6S/c1-27-11-6-12-28(14-13-27)36(32,33)16-15-29-23-17-7-4-5-8-18(17)24(30)21(23)19-9-10-20(34-2)25(35-3)22(19)26(29)31/h4-5,7-10H,6,11-16H2,1-3H3. The van der Waals surface area contributed by atoms with Crippen molar-refractivity contribution in [3.8, 4) is 22.8 Å². The molecule has 1 aromatic heterocycles. The molecule has 2 aliphatic rings. The lowest BCUT2D eigenvalue weighted by molar-refractivity contribution is 0.104. The molecule has 0 unspecified atom stereocenters. The monoisotopic (exact) mass is 511 g/mol. The Morgan fingerprint density at radius 3 is 2.39 bits per heavy atom. The first-order valence-corrected chi connectivity index (χ1v) is 13.5. The number of ketones is 1. The van der Waals surface area contributed by atoms with Gasteiger partial charge in [-0.2, -0.15) is 0 Å². The van der Waals surface area contributed by atoms with Crippen LogP contribution in [0.25, 0.3) is 22.0 Å². The predicted octanol–water partition coefficient (Wildman–Crippen LogP) is 2.20. The number of benzene rings is 2. The van der Waals surface area contributed by atoms with Gasteiger partial charge < -0.3 is 18.9 Å². The summed E-state index contributed by atoms with van der Waals surface area (Å²) in [4.78, 5) is 29.6. The number of nitrogens with zero attached hydrogens (tertiary/aromatic N) is 3. The fourth-order valence-corrected chi connectivity index (χ4v) is 6.67. The van der Waals surface area contributed by atoms with Gasteiger partial charge in [0.2, 0.25) is 10.0 Å². The molecular weight excluding hydrogens is 482 g/mol. The van der Waals surface area contributed by atoms with Crippen molar-refractivity contribution in [1.29, 1.82) is 0 Å². The van der Waals surface area contributed by atoms with E-state index in [2.05, 4.69) is 4.90 Å². The SMILES string of the molecule is COc1ccc2c3c(n(CCS(=O)(=O)N4CCCN(C)CC4)c(=O)c2c1OC)-c1ccccc1C3=O. The number of hydrogen-bond donors (Lipinski definition) is 0. The number of methoxy groups -OCH3 is 2. The lowest BCUT2D eigenvalue weighted by Gasteiger charge is -2.22. The molecule has 0 saturated carbocycles. The van der Waals surface area contributed by atoms with E-state index < -0.39 is 15.6 Å². The zero-order valence-electron chi connectivity index (χ0n) is 20.6. The van der Waals surface area contributed by atoms with Gasteiger partial charge in [-0.05, 0) is 32.1 Å². The number of hydrogen-bond acceptors (Lipinski definition) is 7. The number of aromatic nitrogens is 1. The highest BCUT2D eigenvalue weighted by atomic mass is 32.2. The highest BCUT2D eigenvalue weighted by molar-refractivity contribution is 7.89. The quantitative estimate of drug-likeness (QED) is 0.391. The summed E-state index contributed by atoms with van der Waals surface area (Å²) in [6, 6.07) is 10.5. The first-order valence-electron chi connectivity index (χ1n) is 11.9. The molecule has 0 bridgehead atoms. The third kappa shape index (κ3) is 3.89. The number of sulfonamides is 1. The van der Waals surface area contributed by atoms with Crippen LogP contribution in [0.1, 0.15) is 22.3 Å². The van der Waals surface area contributed by atoms with E-state index in [1.807, 2.05) is 7.05 Å². The number of pyridine rings is 1. The summed E-state index contributed by atoms with van der Waals surface area (Å²) in [6.07, 6.45) is 0.750. The maximum absolute atomic E-state index is 13.9. The smallest absolute Gasteiger partial charge is 0.262 e. The van der Waals surface area contributed by atoms with Gasteiger partial charge in [0.25, 0.3) is 5.56 Å². The zero-order valence-corrected chi connectivity index (χ0v) is 21.4. The Hall–Kier alpha value is -3.21. The van der Waals surface area contributed by atoms with Gasteiger partial charge in [0, 0.05) is 42.7 Å². The number of ether oxygens (including phenoxy) is 2. The lowest BCUT2D eigenvalue weighted by atomic mass is 10.0. The minimum atomic E-state index is -3.63. The van der Waals surface area contributed by atoms with Crippen molar-refractivity contribution in [3.05, 3.63) is 57.9 Å². The number of likely N-dealkylation sites (N-methyl/N-ethyl adjacent to an activating group) is 1. The van der Waals surface area contributed by atoms with Crippen molar-refractivity contribution >= 4 is 26.6 Å². The van der Waals surface area contributed by atoms with Crippen molar-refractivity contribution < 1.29 is 22.7 Å². The molecule has 1 aliphatic heterocycles. The maximum Gasteiger partial charge on any atom is 0.262 e. The molecule has 1 saturated heterocycles. The van der Waals surface area contributed by atoms with Crippen molar-refractivity contribution in [1.82, 2.24) is 13.8 Å². The van der Waals surface area contributed by atoms with Crippen molar-refractivity contribution in [3.63, 3.8) is 0 Å². The van der Waals surface area contributed by atoms with Crippen LogP contribution in [0.5, 0.6) is 11.5 Å². The minimum absolute atomic E-state index is 0.0895. The third-order valence-electron chi connectivity index (χ3n) is 7.08. The Bertz CT molecular complexity index is 1530. The Kier molecular flexibility index (Phi) is 6.36. The molecule has 1 fully saturated rings. The second-order valence-corrected chi connectivity index (χ2v) is 11.2. The van der Waals surface area contributed by atoms with Crippen molar-refractivity contribution in [2.45, 2.75) is 13.0 Å². The molecule has 5 rings (SSSR count). The van der Waals surface area contributed by atoms with E-state index >= 15 is 0 Å². The van der Waals surface area contributed by atoms with Gasteiger partial charge in [-0.3, -0.25) is 9.59 Å². The van der Waals surface area contributed by atoms with Crippen LogP contribution >= 0.6 is 0 Å². The summed E-state index contributed by atoms with van der Waals surface area (Å²) >= 11 is 0. The zero-order chi connectivity index (χ0) is 25.6. The molecule has 0 amide bonds. The Labute approximate surface area is 209 Å². The molecule has 2 aromatic carbocycles. The van der Waals surface area contributed by atoms with Gasteiger partial charge in [-0.15, -0.1) is 0 Å². The molecular formula is C26H29N3O6S. The molecule has 36 heavy (non-hydrogen) atoms. The summed E-state index contributed by atoms with van der Waals surface area (Å²) in [6.45, 7) is 2.26. The second kappa shape index (κ2) is 9.34. The van der Waals surface area contributed by atoms with E-state index in [9.17, 15) is 18.0 Å². The van der Waals surface area contributed by atoms with Gasteiger partial charge in [0.15, 0.2) is 17.3 Å². The van der Waals surface area contributed by atoms with Crippen LogP contribution < -0.4 is 15.0 Å². The van der Waals surface area contributed by atoms with Crippen LogP contribution in [0.3, 0.4) is 0 Å². The van der Waals surface area contributed by atoms with Gasteiger partial charge in [0.05, 0.1) is 36.6 Å². The average Bonchev–Trinajstić information content (AvgIpc) is 3.00. The van der Waals surface area contributed by atoms with E-state index in [1.165, 1.54) is 23.1 Å². The largest absolute Gasteiger partial charge is 0.493 e. The van der Waals surface area contributed by atoms with Crippen LogP contribution in [0.4, 0.5) is 0 Å². The Balaban J connectivity index is 1.68. The molecule has 1 aliphatic carbocycles. The van der Waals surface area contributed by atoms with Crippen LogP contribution in [0.15, 0.2) is 41.2 Å². The fraction of sp³-hybridized carbons (Fsp3) is 0.385. The second-order valence-electron chi connectivity index (χ2n) is 9.15. The molecule has 3 aromatic rings. The van der Waals surface area contributed by atoms with Crippen LogP contribution in [-0.2, 0) is 16.6 Å². The summed E-state index contributed by atoms with van der Waals surface area (Å²) < 4.78 is 40.5. The van der Waals surface area contributed by atoms with E-state index in [0.29, 0.717) is 53.2 Å². The third-order valence-corrected chi connectivity index (χ3v) is 8.93. The topological polar surface area (TPSA) is 98.2 Å². The van der Waals surface area contributed by atoms with Gasteiger partial charge in [-0.25, -0.2) is 12.7 Å².